The number of benzene rings is 1. The minimum absolute atomic E-state index is 0.303. The van der Waals surface area contributed by atoms with E-state index in [0.29, 0.717) is 12.0 Å². The van der Waals surface area contributed by atoms with E-state index < -0.39 is 12.0 Å². The van der Waals surface area contributed by atoms with Crippen LogP contribution in [0.4, 0.5) is 0 Å². The Morgan fingerprint density at radius 1 is 1.39 bits per heavy atom. The number of hydrogen-bond donors (Lipinski definition) is 2. The lowest BCUT2D eigenvalue weighted by Crippen LogP contribution is -2.40. The molecular weight excluding hydrogens is 250 g/mol. The molecule has 1 aliphatic carbocycles. The molecule has 98 valence electrons. The number of hydrogen-bond acceptors (Lipinski definition) is 2. The van der Waals surface area contributed by atoms with E-state index >= 15 is 0 Å². The zero-order chi connectivity index (χ0) is 13.1. The Morgan fingerprint density at radius 2 is 2.06 bits per heavy atom. The summed E-state index contributed by atoms with van der Waals surface area (Å²) in [4.78, 5) is 10.8. The average molecular weight is 268 g/mol. The van der Waals surface area contributed by atoms with Crippen LogP contribution in [0.2, 0.25) is 5.02 Å². The monoisotopic (exact) mass is 267 g/mol. The second-order valence-corrected chi connectivity index (χ2v) is 5.42. The SMILES string of the molecule is C[C@H](NC1CCC(c2ccc(Cl)cc2)C1)C(=O)O. The van der Waals surface area contributed by atoms with Crippen molar-refractivity contribution in [3.05, 3.63) is 34.9 Å². The molecule has 3 atom stereocenters. The van der Waals surface area contributed by atoms with Gasteiger partial charge < -0.3 is 10.4 Å². The molecule has 2 N–H and O–H groups in total. The molecule has 0 saturated heterocycles. The Hall–Kier alpha value is -1.06. The summed E-state index contributed by atoms with van der Waals surface area (Å²) in [6.07, 6.45) is 3.13. The molecule has 0 aromatic heterocycles. The molecule has 0 spiro atoms. The molecule has 1 aromatic rings. The fraction of sp³-hybridized carbons (Fsp3) is 0.500. The number of carboxylic acids is 1. The number of aliphatic carboxylic acids is 1. The molecule has 2 unspecified atom stereocenters. The van der Waals surface area contributed by atoms with Crippen LogP contribution in [-0.4, -0.2) is 23.2 Å². The topological polar surface area (TPSA) is 49.3 Å². The lowest BCUT2D eigenvalue weighted by molar-refractivity contribution is -0.139. The molecule has 0 bridgehead atoms. The molecule has 0 aliphatic heterocycles. The van der Waals surface area contributed by atoms with Gasteiger partial charge in [0.05, 0.1) is 0 Å². The summed E-state index contributed by atoms with van der Waals surface area (Å²) in [5, 5.41) is 12.8. The van der Waals surface area contributed by atoms with E-state index in [-0.39, 0.29) is 0 Å². The van der Waals surface area contributed by atoms with Crippen LogP contribution in [0.5, 0.6) is 0 Å². The van der Waals surface area contributed by atoms with Crippen molar-refractivity contribution in [1.82, 2.24) is 5.32 Å². The fourth-order valence-electron chi connectivity index (χ4n) is 2.60. The Morgan fingerprint density at radius 3 is 2.67 bits per heavy atom. The van der Waals surface area contributed by atoms with Gasteiger partial charge in [-0.15, -0.1) is 0 Å². The van der Waals surface area contributed by atoms with Crippen LogP contribution < -0.4 is 5.32 Å². The van der Waals surface area contributed by atoms with Crippen molar-refractivity contribution in [2.45, 2.75) is 44.2 Å². The Bertz CT molecular complexity index is 418. The molecule has 0 amide bonds. The number of carbonyl (C=O) groups is 1. The molecule has 18 heavy (non-hydrogen) atoms. The number of carboxylic acid groups (broad SMARTS) is 1. The lowest BCUT2D eigenvalue weighted by Gasteiger charge is -2.16. The van der Waals surface area contributed by atoms with Crippen LogP contribution in [0.25, 0.3) is 0 Å². The maximum atomic E-state index is 10.8. The summed E-state index contributed by atoms with van der Waals surface area (Å²) in [6, 6.07) is 7.79. The molecule has 1 saturated carbocycles. The van der Waals surface area contributed by atoms with Crippen molar-refractivity contribution in [3.8, 4) is 0 Å². The lowest BCUT2D eigenvalue weighted by atomic mass is 9.97. The van der Waals surface area contributed by atoms with Gasteiger partial charge in [0.25, 0.3) is 0 Å². The predicted octanol–water partition coefficient (Wildman–Crippen LogP) is 3.04. The molecule has 4 heteroatoms. The van der Waals surface area contributed by atoms with Gasteiger partial charge in [0.15, 0.2) is 0 Å². The molecule has 0 radical (unpaired) electrons. The minimum Gasteiger partial charge on any atom is -0.480 e. The number of rotatable bonds is 4. The normalized spacial score (nSPS) is 25.0. The third kappa shape index (κ3) is 3.24. The standard InChI is InChI=1S/C14H18ClNO2/c1-9(14(17)18)16-13-7-4-11(8-13)10-2-5-12(15)6-3-10/h2-3,5-6,9,11,13,16H,4,7-8H2,1H3,(H,17,18)/t9-,11?,13?/m0/s1. The molecule has 2 rings (SSSR count). The molecule has 1 aliphatic rings. The highest BCUT2D eigenvalue weighted by atomic mass is 35.5. The Kier molecular flexibility index (Phi) is 4.25. The van der Waals surface area contributed by atoms with Gasteiger partial charge >= 0.3 is 5.97 Å². The van der Waals surface area contributed by atoms with E-state index in [0.717, 1.165) is 24.3 Å². The van der Waals surface area contributed by atoms with Gasteiger partial charge in [-0.2, -0.15) is 0 Å². The summed E-state index contributed by atoms with van der Waals surface area (Å²) < 4.78 is 0. The Labute approximate surface area is 112 Å². The average Bonchev–Trinajstić information content (AvgIpc) is 2.78. The van der Waals surface area contributed by atoms with Crippen LogP contribution >= 0.6 is 11.6 Å². The number of halogens is 1. The second kappa shape index (κ2) is 5.72. The van der Waals surface area contributed by atoms with Gasteiger partial charge in [0.1, 0.15) is 6.04 Å². The van der Waals surface area contributed by atoms with Gasteiger partial charge in [-0.1, -0.05) is 23.7 Å². The van der Waals surface area contributed by atoms with Gasteiger partial charge in [-0.3, -0.25) is 4.79 Å². The van der Waals surface area contributed by atoms with Crippen LogP contribution in [0.1, 0.15) is 37.7 Å². The van der Waals surface area contributed by atoms with Crippen molar-refractivity contribution in [2.75, 3.05) is 0 Å². The first kappa shape index (κ1) is 13.4. The van der Waals surface area contributed by atoms with Gasteiger partial charge in [-0.25, -0.2) is 0 Å². The highest BCUT2D eigenvalue weighted by molar-refractivity contribution is 6.30. The maximum absolute atomic E-state index is 10.8. The number of nitrogens with one attached hydrogen (secondary N) is 1. The summed E-state index contributed by atoms with van der Waals surface area (Å²) in [5.74, 6) is -0.272. The first-order chi connectivity index (χ1) is 8.56. The van der Waals surface area contributed by atoms with E-state index in [1.54, 1.807) is 6.92 Å². The predicted molar refractivity (Wildman–Crippen MR) is 72.1 cm³/mol. The smallest absolute Gasteiger partial charge is 0.320 e. The van der Waals surface area contributed by atoms with E-state index in [1.165, 1.54) is 5.56 Å². The summed E-state index contributed by atoms with van der Waals surface area (Å²) >= 11 is 5.87. The van der Waals surface area contributed by atoms with Crippen molar-refractivity contribution in [3.63, 3.8) is 0 Å². The van der Waals surface area contributed by atoms with Gasteiger partial charge in [-0.05, 0) is 49.8 Å². The first-order valence-electron chi connectivity index (χ1n) is 6.30. The van der Waals surface area contributed by atoms with Crippen LogP contribution in [0.3, 0.4) is 0 Å². The van der Waals surface area contributed by atoms with Gasteiger partial charge in [0.2, 0.25) is 0 Å². The van der Waals surface area contributed by atoms with Crippen LogP contribution in [0.15, 0.2) is 24.3 Å². The van der Waals surface area contributed by atoms with Crippen molar-refractivity contribution >= 4 is 17.6 Å². The Balaban J connectivity index is 1.92. The maximum Gasteiger partial charge on any atom is 0.320 e. The van der Waals surface area contributed by atoms with E-state index in [4.69, 9.17) is 16.7 Å². The van der Waals surface area contributed by atoms with Gasteiger partial charge in [0, 0.05) is 11.1 Å². The first-order valence-corrected chi connectivity index (χ1v) is 6.68. The quantitative estimate of drug-likeness (QED) is 0.882. The van der Waals surface area contributed by atoms with Crippen molar-refractivity contribution in [1.29, 1.82) is 0 Å². The summed E-state index contributed by atoms with van der Waals surface area (Å²) in [6.45, 7) is 1.69. The highest BCUT2D eigenvalue weighted by Gasteiger charge is 2.27. The zero-order valence-electron chi connectivity index (χ0n) is 10.4. The molecule has 3 nitrogen and oxygen atoms in total. The third-order valence-electron chi connectivity index (χ3n) is 3.63. The molecular formula is C14H18ClNO2. The third-order valence-corrected chi connectivity index (χ3v) is 3.88. The van der Waals surface area contributed by atoms with E-state index in [1.807, 2.05) is 12.1 Å². The fourth-order valence-corrected chi connectivity index (χ4v) is 2.72. The zero-order valence-corrected chi connectivity index (χ0v) is 11.2. The van der Waals surface area contributed by atoms with Crippen LogP contribution in [-0.2, 0) is 4.79 Å². The minimum atomic E-state index is -0.787. The van der Waals surface area contributed by atoms with E-state index in [9.17, 15) is 4.79 Å². The summed E-state index contributed by atoms with van der Waals surface area (Å²) in [5.41, 5.74) is 1.30. The largest absolute Gasteiger partial charge is 0.480 e. The highest BCUT2D eigenvalue weighted by Crippen LogP contribution is 2.35. The van der Waals surface area contributed by atoms with Crippen molar-refractivity contribution < 1.29 is 9.90 Å². The van der Waals surface area contributed by atoms with Crippen LogP contribution in [0, 0.1) is 0 Å². The van der Waals surface area contributed by atoms with E-state index in [2.05, 4.69) is 17.4 Å². The molecule has 1 fully saturated rings. The molecule has 0 heterocycles. The van der Waals surface area contributed by atoms with Crippen molar-refractivity contribution in [2.24, 2.45) is 0 Å². The summed E-state index contributed by atoms with van der Waals surface area (Å²) in [7, 11) is 0. The second-order valence-electron chi connectivity index (χ2n) is 4.99. The molecule has 1 aromatic carbocycles.